The van der Waals surface area contributed by atoms with E-state index in [1.54, 1.807) is 25.4 Å². The first kappa shape index (κ1) is 17.7. The van der Waals surface area contributed by atoms with Crippen LogP contribution in [-0.2, 0) is 6.54 Å². The van der Waals surface area contributed by atoms with Gasteiger partial charge in [0, 0.05) is 30.2 Å². The maximum Gasteiger partial charge on any atom is 0.270 e. The Morgan fingerprint density at radius 3 is 2.82 bits per heavy atom. The Morgan fingerprint density at radius 2 is 1.93 bits per heavy atom. The molecule has 1 aliphatic heterocycles. The first-order valence-electron chi connectivity index (χ1n) is 8.75. The highest BCUT2D eigenvalue weighted by atomic mass is 16.7. The smallest absolute Gasteiger partial charge is 0.270 e. The maximum absolute atomic E-state index is 12.5. The fourth-order valence-electron chi connectivity index (χ4n) is 2.82. The number of ether oxygens (including phenoxy) is 3. The quantitative estimate of drug-likeness (QED) is 0.684. The molecule has 0 fully saturated rings. The van der Waals surface area contributed by atoms with Crippen molar-refractivity contribution in [2.75, 3.05) is 19.2 Å². The zero-order valence-corrected chi connectivity index (χ0v) is 15.3. The Balaban J connectivity index is 1.41. The molecule has 0 radical (unpaired) electrons. The summed E-state index contributed by atoms with van der Waals surface area (Å²) < 4.78 is 15.9. The second-order valence-electron chi connectivity index (χ2n) is 6.16. The van der Waals surface area contributed by atoms with Crippen LogP contribution in [-0.4, -0.2) is 24.8 Å². The van der Waals surface area contributed by atoms with Gasteiger partial charge in [-0.2, -0.15) is 0 Å². The Hall–Kier alpha value is -3.74. The van der Waals surface area contributed by atoms with Gasteiger partial charge in [-0.05, 0) is 42.0 Å². The minimum Gasteiger partial charge on any atom is -0.497 e. The van der Waals surface area contributed by atoms with Crippen molar-refractivity contribution >= 4 is 17.3 Å². The number of hydrogen-bond donors (Lipinski definition) is 2. The summed E-state index contributed by atoms with van der Waals surface area (Å²) in [6.07, 6.45) is 1.60. The molecule has 28 heavy (non-hydrogen) atoms. The van der Waals surface area contributed by atoms with Gasteiger partial charge < -0.3 is 24.8 Å². The molecule has 0 bridgehead atoms. The molecule has 0 aliphatic carbocycles. The van der Waals surface area contributed by atoms with Gasteiger partial charge in [-0.25, -0.2) is 0 Å². The largest absolute Gasteiger partial charge is 0.497 e. The Bertz CT molecular complexity index is 1010. The summed E-state index contributed by atoms with van der Waals surface area (Å²) in [5.74, 6) is 1.90. The lowest BCUT2D eigenvalue weighted by atomic mass is 10.2. The van der Waals surface area contributed by atoms with Crippen molar-refractivity contribution in [3.8, 4) is 17.2 Å². The van der Waals surface area contributed by atoms with Gasteiger partial charge in [0.1, 0.15) is 11.4 Å². The number of anilines is 2. The molecule has 0 saturated carbocycles. The minimum absolute atomic E-state index is 0.224. The van der Waals surface area contributed by atoms with Gasteiger partial charge in [-0.15, -0.1) is 0 Å². The van der Waals surface area contributed by atoms with Crippen molar-refractivity contribution in [2.24, 2.45) is 0 Å². The number of benzene rings is 2. The van der Waals surface area contributed by atoms with E-state index in [2.05, 4.69) is 15.6 Å². The van der Waals surface area contributed by atoms with Crippen LogP contribution >= 0.6 is 0 Å². The number of carbonyl (C=O) groups excluding carboxylic acids is 1. The van der Waals surface area contributed by atoms with E-state index in [0.29, 0.717) is 23.7 Å². The fraction of sp³-hybridized carbons (Fsp3) is 0.143. The van der Waals surface area contributed by atoms with Gasteiger partial charge in [0.2, 0.25) is 6.79 Å². The van der Waals surface area contributed by atoms with Crippen LogP contribution in [0, 0.1) is 0 Å². The standard InChI is InChI=1S/C21H19N3O4/c1-26-17-4-2-3-15(10-17)24-16-7-8-22-18(11-16)21(25)23-12-14-5-6-19-20(9-14)28-13-27-19/h2-11H,12-13H2,1H3,(H,22,24)(H,23,25). The van der Waals surface area contributed by atoms with Crippen LogP contribution in [0.25, 0.3) is 0 Å². The van der Waals surface area contributed by atoms with Gasteiger partial charge in [0.15, 0.2) is 11.5 Å². The van der Waals surface area contributed by atoms with E-state index in [1.807, 2.05) is 42.5 Å². The predicted molar refractivity (Wildman–Crippen MR) is 104 cm³/mol. The lowest BCUT2D eigenvalue weighted by Crippen LogP contribution is -2.23. The third kappa shape index (κ3) is 3.98. The highest BCUT2D eigenvalue weighted by Gasteiger charge is 2.14. The minimum atomic E-state index is -0.257. The number of hydrogen-bond acceptors (Lipinski definition) is 6. The molecule has 142 valence electrons. The van der Waals surface area contributed by atoms with Crippen molar-refractivity contribution in [2.45, 2.75) is 6.54 Å². The summed E-state index contributed by atoms with van der Waals surface area (Å²) in [7, 11) is 1.62. The molecule has 0 saturated heterocycles. The molecule has 0 atom stereocenters. The highest BCUT2D eigenvalue weighted by molar-refractivity contribution is 5.93. The number of carbonyl (C=O) groups is 1. The van der Waals surface area contributed by atoms with Crippen LogP contribution in [0.3, 0.4) is 0 Å². The van der Waals surface area contributed by atoms with Crippen molar-refractivity contribution < 1.29 is 19.0 Å². The monoisotopic (exact) mass is 377 g/mol. The predicted octanol–water partition coefficient (Wildman–Crippen LogP) is 3.49. The fourth-order valence-corrected chi connectivity index (χ4v) is 2.82. The van der Waals surface area contributed by atoms with Crippen molar-refractivity contribution in [3.05, 3.63) is 72.1 Å². The first-order chi connectivity index (χ1) is 13.7. The molecule has 0 unspecified atom stereocenters. The molecule has 7 nitrogen and oxygen atoms in total. The Morgan fingerprint density at radius 1 is 1.07 bits per heavy atom. The average Bonchev–Trinajstić information content (AvgIpc) is 3.20. The van der Waals surface area contributed by atoms with Gasteiger partial charge in [-0.3, -0.25) is 9.78 Å². The highest BCUT2D eigenvalue weighted by Crippen LogP contribution is 2.32. The van der Waals surface area contributed by atoms with Crippen LogP contribution in [0.4, 0.5) is 11.4 Å². The summed E-state index contributed by atoms with van der Waals surface area (Å²) in [5, 5.41) is 6.12. The van der Waals surface area contributed by atoms with Crippen LogP contribution < -0.4 is 24.8 Å². The van der Waals surface area contributed by atoms with E-state index in [0.717, 1.165) is 22.7 Å². The molecule has 1 aliphatic rings. The van der Waals surface area contributed by atoms with Gasteiger partial charge in [0.05, 0.1) is 7.11 Å². The third-order valence-corrected chi connectivity index (χ3v) is 4.24. The van der Waals surface area contributed by atoms with E-state index >= 15 is 0 Å². The number of fused-ring (bicyclic) bond motifs is 1. The number of pyridine rings is 1. The van der Waals surface area contributed by atoms with Crippen LogP contribution in [0.5, 0.6) is 17.2 Å². The summed E-state index contributed by atoms with van der Waals surface area (Å²) >= 11 is 0. The maximum atomic E-state index is 12.5. The molecular formula is C21H19N3O4. The molecule has 2 N–H and O–H groups in total. The van der Waals surface area contributed by atoms with Crippen molar-refractivity contribution in [3.63, 3.8) is 0 Å². The number of nitrogens with zero attached hydrogens (tertiary/aromatic N) is 1. The molecule has 7 heteroatoms. The number of methoxy groups -OCH3 is 1. The molecule has 2 heterocycles. The second kappa shape index (κ2) is 7.87. The lowest BCUT2D eigenvalue weighted by Gasteiger charge is -2.10. The zero-order valence-electron chi connectivity index (χ0n) is 15.3. The molecule has 3 aromatic rings. The van der Waals surface area contributed by atoms with Crippen LogP contribution in [0.15, 0.2) is 60.8 Å². The van der Waals surface area contributed by atoms with Gasteiger partial charge in [0.25, 0.3) is 5.91 Å². The SMILES string of the molecule is COc1cccc(Nc2ccnc(C(=O)NCc3ccc4c(c3)OCO4)c2)c1. The van der Waals surface area contributed by atoms with Crippen molar-refractivity contribution in [1.82, 2.24) is 10.3 Å². The Kier molecular flexibility index (Phi) is 4.97. The average molecular weight is 377 g/mol. The van der Waals surface area contributed by atoms with Crippen LogP contribution in [0.2, 0.25) is 0 Å². The van der Waals surface area contributed by atoms with E-state index in [9.17, 15) is 4.79 Å². The molecular weight excluding hydrogens is 358 g/mol. The number of rotatable bonds is 6. The normalized spacial score (nSPS) is 11.8. The number of amides is 1. The zero-order chi connectivity index (χ0) is 19.3. The summed E-state index contributed by atoms with van der Waals surface area (Å²) in [6, 6.07) is 16.6. The number of nitrogens with one attached hydrogen (secondary N) is 2. The molecule has 0 spiro atoms. The molecule has 1 aromatic heterocycles. The van der Waals surface area contributed by atoms with Gasteiger partial charge in [-0.1, -0.05) is 12.1 Å². The second-order valence-corrected chi connectivity index (χ2v) is 6.16. The van der Waals surface area contributed by atoms with Gasteiger partial charge >= 0.3 is 0 Å². The third-order valence-electron chi connectivity index (χ3n) is 4.24. The molecule has 4 rings (SSSR count). The molecule has 2 aromatic carbocycles. The lowest BCUT2D eigenvalue weighted by molar-refractivity contribution is 0.0946. The van der Waals surface area contributed by atoms with E-state index in [4.69, 9.17) is 14.2 Å². The molecule has 1 amide bonds. The Labute approximate surface area is 162 Å². The topological polar surface area (TPSA) is 81.7 Å². The van der Waals surface area contributed by atoms with E-state index < -0.39 is 0 Å². The first-order valence-corrected chi connectivity index (χ1v) is 8.75. The summed E-state index contributed by atoms with van der Waals surface area (Å²) in [6.45, 7) is 0.590. The summed E-state index contributed by atoms with van der Waals surface area (Å²) in [5.41, 5.74) is 2.87. The summed E-state index contributed by atoms with van der Waals surface area (Å²) in [4.78, 5) is 16.6. The van der Waals surface area contributed by atoms with E-state index in [-0.39, 0.29) is 12.7 Å². The van der Waals surface area contributed by atoms with Crippen LogP contribution in [0.1, 0.15) is 16.1 Å². The van der Waals surface area contributed by atoms with E-state index in [1.165, 1.54) is 0 Å². The number of aromatic nitrogens is 1. The van der Waals surface area contributed by atoms with Crippen molar-refractivity contribution in [1.29, 1.82) is 0 Å².